The first-order chi connectivity index (χ1) is 13.5. The van der Waals surface area contributed by atoms with E-state index >= 15 is 0 Å². The van der Waals surface area contributed by atoms with Crippen LogP contribution >= 0.6 is 12.2 Å². The fraction of sp³-hybridized carbons (Fsp3) is 0.350. The largest absolute Gasteiger partial charge is 0.495 e. The van der Waals surface area contributed by atoms with Gasteiger partial charge >= 0.3 is 5.97 Å². The molecule has 3 N–H and O–H groups in total. The summed E-state index contributed by atoms with van der Waals surface area (Å²) in [5, 5.41) is 14.9. The highest BCUT2D eigenvalue weighted by Gasteiger charge is 2.22. The summed E-state index contributed by atoms with van der Waals surface area (Å²) in [6.45, 7) is 0. The number of methoxy groups -OCH3 is 1. The van der Waals surface area contributed by atoms with Crippen molar-refractivity contribution < 1.29 is 23.8 Å². The minimum atomic E-state index is -1.13. The molecule has 148 valence electrons. The molecule has 8 heteroatoms. The molecular formula is C20H22N2O5S. The lowest BCUT2D eigenvalue weighted by Gasteiger charge is -2.21. The second kappa shape index (κ2) is 8.88. The van der Waals surface area contributed by atoms with Crippen LogP contribution in [0.25, 0.3) is 11.3 Å². The number of aromatic carboxylic acids is 1. The Morgan fingerprint density at radius 2 is 1.93 bits per heavy atom. The number of carbonyl (C=O) groups is 2. The van der Waals surface area contributed by atoms with Crippen molar-refractivity contribution >= 4 is 34.9 Å². The van der Waals surface area contributed by atoms with E-state index in [2.05, 4.69) is 10.6 Å². The van der Waals surface area contributed by atoms with Gasteiger partial charge in [-0.2, -0.15) is 0 Å². The number of benzene rings is 1. The number of ether oxygens (including phenoxy) is 1. The Labute approximate surface area is 168 Å². The molecule has 1 aromatic carbocycles. The monoisotopic (exact) mass is 402 g/mol. The number of thiocarbonyl (C=S) groups is 1. The quantitative estimate of drug-likeness (QED) is 0.649. The molecule has 1 amide bonds. The fourth-order valence-electron chi connectivity index (χ4n) is 3.30. The van der Waals surface area contributed by atoms with Crippen molar-refractivity contribution in [3.63, 3.8) is 0 Å². The lowest BCUT2D eigenvalue weighted by Crippen LogP contribution is -2.39. The van der Waals surface area contributed by atoms with Crippen molar-refractivity contribution in [1.29, 1.82) is 0 Å². The van der Waals surface area contributed by atoms with E-state index in [0.29, 0.717) is 22.8 Å². The minimum absolute atomic E-state index is 0.000659. The van der Waals surface area contributed by atoms with E-state index in [-0.39, 0.29) is 22.7 Å². The molecule has 0 spiro atoms. The Bertz CT molecular complexity index is 886. The number of carboxylic acids is 1. The van der Waals surface area contributed by atoms with Gasteiger partial charge < -0.3 is 24.9 Å². The van der Waals surface area contributed by atoms with Crippen LogP contribution in [0.2, 0.25) is 0 Å². The van der Waals surface area contributed by atoms with Crippen molar-refractivity contribution in [3.05, 3.63) is 36.1 Å². The maximum Gasteiger partial charge on any atom is 0.371 e. The Morgan fingerprint density at radius 1 is 1.18 bits per heavy atom. The molecule has 1 aromatic heterocycles. The highest BCUT2D eigenvalue weighted by molar-refractivity contribution is 7.80. The smallest absolute Gasteiger partial charge is 0.371 e. The molecule has 0 radical (unpaired) electrons. The van der Waals surface area contributed by atoms with E-state index in [1.165, 1.54) is 19.6 Å². The summed E-state index contributed by atoms with van der Waals surface area (Å²) in [4.78, 5) is 23.4. The fourth-order valence-corrected chi connectivity index (χ4v) is 3.51. The number of anilines is 1. The summed E-state index contributed by atoms with van der Waals surface area (Å²) >= 11 is 5.29. The van der Waals surface area contributed by atoms with Crippen molar-refractivity contribution in [3.8, 4) is 17.1 Å². The third-order valence-electron chi connectivity index (χ3n) is 4.76. The zero-order valence-electron chi connectivity index (χ0n) is 15.5. The van der Waals surface area contributed by atoms with Gasteiger partial charge in [-0.25, -0.2) is 4.79 Å². The maximum atomic E-state index is 12.4. The van der Waals surface area contributed by atoms with E-state index in [1.807, 2.05) is 0 Å². The molecule has 1 heterocycles. The SMILES string of the molecule is COc1ccc(-c2ccc(C(=O)O)o2)cc1NC(=S)NC(=O)C1CCCCC1. The van der Waals surface area contributed by atoms with Gasteiger partial charge in [-0.15, -0.1) is 0 Å². The molecule has 1 saturated carbocycles. The average molecular weight is 402 g/mol. The predicted octanol–water partition coefficient (Wildman–Crippen LogP) is 4.05. The first-order valence-electron chi connectivity index (χ1n) is 9.11. The summed E-state index contributed by atoms with van der Waals surface area (Å²) in [5.41, 5.74) is 1.19. The van der Waals surface area contributed by atoms with Gasteiger partial charge in [-0.1, -0.05) is 19.3 Å². The second-order valence-electron chi connectivity index (χ2n) is 6.66. The lowest BCUT2D eigenvalue weighted by atomic mass is 9.89. The maximum absolute atomic E-state index is 12.4. The van der Waals surface area contributed by atoms with E-state index in [9.17, 15) is 9.59 Å². The van der Waals surface area contributed by atoms with Crippen LogP contribution in [0.4, 0.5) is 5.69 Å². The van der Waals surface area contributed by atoms with Crippen LogP contribution < -0.4 is 15.4 Å². The highest BCUT2D eigenvalue weighted by atomic mass is 32.1. The van der Waals surface area contributed by atoms with Gasteiger partial charge in [-0.3, -0.25) is 4.79 Å². The van der Waals surface area contributed by atoms with Crippen LogP contribution in [0.3, 0.4) is 0 Å². The Morgan fingerprint density at radius 3 is 2.57 bits per heavy atom. The zero-order chi connectivity index (χ0) is 20.1. The van der Waals surface area contributed by atoms with E-state index in [0.717, 1.165) is 25.7 Å². The average Bonchev–Trinajstić information content (AvgIpc) is 3.19. The zero-order valence-corrected chi connectivity index (χ0v) is 16.3. The number of furan rings is 1. The standard InChI is InChI=1S/C20H22N2O5S/c1-26-16-8-7-13(15-9-10-17(27-15)19(24)25)11-14(16)21-20(28)22-18(23)12-5-3-2-4-6-12/h7-12H,2-6H2,1H3,(H,24,25)(H2,21,22,23,28). The predicted molar refractivity (Wildman–Crippen MR) is 109 cm³/mol. The number of carbonyl (C=O) groups excluding carboxylic acids is 1. The Hall–Kier alpha value is -2.87. The van der Waals surface area contributed by atoms with Crippen LogP contribution in [0.15, 0.2) is 34.7 Å². The molecule has 0 unspecified atom stereocenters. The van der Waals surface area contributed by atoms with Crippen LogP contribution in [0.1, 0.15) is 42.7 Å². The second-order valence-corrected chi connectivity index (χ2v) is 7.07. The van der Waals surface area contributed by atoms with Gasteiger partial charge in [0.1, 0.15) is 11.5 Å². The summed E-state index contributed by atoms with van der Waals surface area (Å²) in [7, 11) is 1.53. The molecule has 0 bridgehead atoms. The molecule has 7 nitrogen and oxygen atoms in total. The number of rotatable bonds is 5. The summed E-state index contributed by atoms with van der Waals surface area (Å²) in [6.07, 6.45) is 5.08. The number of hydrogen-bond donors (Lipinski definition) is 3. The van der Waals surface area contributed by atoms with E-state index in [1.54, 1.807) is 24.3 Å². The Kier molecular flexibility index (Phi) is 6.30. The summed E-state index contributed by atoms with van der Waals surface area (Å²) < 4.78 is 10.7. The van der Waals surface area contributed by atoms with Gasteiger partial charge in [-0.05, 0) is 55.4 Å². The van der Waals surface area contributed by atoms with Gasteiger partial charge in [0.05, 0.1) is 12.8 Å². The topological polar surface area (TPSA) is 101 Å². The molecule has 0 aliphatic heterocycles. The lowest BCUT2D eigenvalue weighted by molar-refractivity contribution is -0.124. The van der Waals surface area contributed by atoms with Crippen molar-refractivity contribution in [2.24, 2.45) is 5.92 Å². The first-order valence-corrected chi connectivity index (χ1v) is 9.52. The molecule has 0 atom stereocenters. The van der Waals surface area contributed by atoms with Crippen LogP contribution in [-0.4, -0.2) is 29.2 Å². The van der Waals surface area contributed by atoms with Gasteiger partial charge in [0.25, 0.3) is 0 Å². The van der Waals surface area contributed by atoms with Gasteiger partial charge in [0, 0.05) is 11.5 Å². The molecule has 0 saturated heterocycles. The van der Waals surface area contributed by atoms with Crippen LogP contribution in [0.5, 0.6) is 5.75 Å². The molecule has 2 aromatic rings. The number of carboxylic acid groups (broad SMARTS) is 1. The van der Waals surface area contributed by atoms with Crippen molar-refractivity contribution in [1.82, 2.24) is 5.32 Å². The van der Waals surface area contributed by atoms with Gasteiger partial charge in [0.15, 0.2) is 5.11 Å². The van der Waals surface area contributed by atoms with E-state index in [4.69, 9.17) is 26.5 Å². The number of nitrogens with one attached hydrogen (secondary N) is 2. The first kappa shape index (κ1) is 19.9. The highest BCUT2D eigenvalue weighted by Crippen LogP contribution is 2.31. The Balaban J connectivity index is 1.73. The van der Waals surface area contributed by atoms with Crippen LogP contribution in [-0.2, 0) is 4.79 Å². The molecule has 1 aliphatic carbocycles. The van der Waals surface area contributed by atoms with Crippen molar-refractivity contribution in [2.75, 3.05) is 12.4 Å². The third kappa shape index (κ3) is 4.69. The van der Waals surface area contributed by atoms with Gasteiger partial charge in [0.2, 0.25) is 11.7 Å². The van der Waals surface area contributed by atoms with Crippen molar-refractivity contribution in [2.45, 2.75) is 32.1 Å². The third-order valence-corrected chi connectivity index (χ3v) is 4.97. The molecule has 1 aliphatic rings. The number of hydrogen-bond acceptors (Lipinski definition) is 5. The molecule has 28 heavy (non-hydrogen) atoms. The number of amides is 1. The van der Waals surface area contributed by atoms with Crippen LogP contribution in [0, 0.1) is 5.92 Å². The molecule has 1 fully saturated rings. The molecular weight excluding hydrogens is 380 g/mol. The normalized spacial score (nSPS) is 14.3. The minimum Gasteiger partial charge on any atom is -0.495 e. The molecule has 3 rings (SSSR count). The summed E-state index contributed by atoms with van der Waals surface area (Å²) in [6, 6.07) is 8.16. The summed E-state index contributed by atoms with van der Waals surface area (Å²) in [5.74, 6) is -0.410. The van der Waals surface area contributed by atoms with E-state index < -0.39 is 5.97 Å².